The number of nitrogens with zero attached hydrogens (tertiary/aromatic N) is 5. The number of hydrogen-bond acceptors (Lipinski definition) is 7. The number of carbonyl (C=O) groups is 1. The van der Waals surface area contributed by atoms with E-state index >= 15 is 0 Å². The van der Waals surface area contributed by atoms with Crippen LogP contribution < -0.4 is 16.1 Å². The fourth-order valence-corrected chi connectivity index (χ4v) is 4.13. The molecule has 1 aliphatic rings. The summed E-state index contributed by atoms with van der Waals surface area (Å²) < 4.78 is 14.8. The Hall–Kier alpha value is -3.40. The summed E-state index contributed by atoms with van der Waals surface area (Å²) in [7, 11) is 1.57. The van der Waals surface area contributed by atoms with E-state index in [1.54, 1.807) is 7.05 Å². The van der Waals surface area contributed by atoms with Crippen molar-refractivity contribution in [3.8, 4) is 0 Å². The highest BCUT2D eigenvalue weighted by Crippen LogP contribution is 2.22. The van der Waals surface area contributed by atoms with E-state index in [0.717, 1.165) is 29.4 Å². The lowest BCUT2D eigenvalue weighted by molar-refractivity contribution is -0.144. The molecular formula is C24H31N5O5. The Labute approximate surface area is 197 Å². The van der Waals surface area contributed by atoms with Gasteiger partial charge in [-0.05, 0) is 12.0 Å². The maximum Gasteiger partial charge on any atom is 0.333 e. The third-order valence-corrected chi connectivity index (χ3v) is 5.99. The SMILES string of the molecule is CCCCCOC(=O)Cn1c(=O)c2c(nc(N3CCOCC3)n2Cc2ccccc2)n(C)c1=O. The fraction of sp³-hybridized carbons (Fsp3) is 0.500. The predicted molar refractivity (Wildman–Crippen MR) is 128 cm³/mol. The van der Waals surface area contributed by atoms with Crippen LogP contribution in [0.3, 0.4) is 0 Å². The van der Waals surface area contributed by atoms with Gasteiger partial charge in [-0.2, -0.15) is 4.98 Å². The number of imidazole rings is 1. The molecule has 10 heteroatoms. The van der Waals surface area contributed by atoms with E-state index < -0.39 is 23.8 Å². The fourth-order valence-electron chi connectivity index (χ4n) is 4.13. The molecule has 34 heavy (non-hydrogen) atoms. The molecule has 0 atom stereocenters. The Morgan fingerprint density at radius 3 is 2.53 bits per heavy atom. The quantitative estimate of drug-likeness (QED) is 0.346. The van der Waals surface area contributed by atoms with Gasteiger partial charge in [-0.25, -0.2) is 9.36 Å². The zero-order chi connectivity index (χ0) is 24.1. The first-order chi connectivity index (χ1) is 16.5. The molecule has 1 aliphatic heterocycles. The first kappa shape index (κ1) is 23.7. The summed E-state index contributed by atoms with van der Waals surface area (Å²) in [6, 6.07) is 9.75. The monoisotopic (exact) mass is 469 g/mol. The number of aromatic nitrogens is 4. The number of esters is 1. The Balaban J connectivity index is 1.78. The van der Waals surface area contributed by atoms with Crippen LogP contribution in [0.15, 0.2) is 39.9 Å². The van der Waals surface area contributed by atoms with E-state index in [1.165, 1.54) is 4.57 Å². The molecule has 10 nitrogen and oxygen atoms in total. The van der Waals surface area contributed by atoms with E-state index in [-0.39, 0.29) is 12.1 Å². The highest BCUT2D eigenvalue weighted by atomic mass is 16.5. The number of ether oxygens (including phenoxy) is 2. The molecule has 182 valence electrons. The van der Waals surface area contributed by atoms with E-state index in [4.69, 9.17) is 14.5 Å². The van der Waals surface area contributed by atoms with Gasteiger partial charge in [-0.1, -0.05) is 50.1 Å². The molecule has 3 heterocycles. The molecule has 1 saturated heterocycles. The maximum atomic E-state index is 13.6. The van der Waals surface area contributed by atoms with Gasteiger partial charge in [0.1, 0.15) is 6.54 Å². The Kier molecular flexibility index (Phi) is 7.46. The molecule has 0 bridgehead atoms. The zero-order valence-corrected chi connectivity index (χ0v) is 19.7. The van der Waals surface area contributed by atoms with Crippen LogP contribution in [0.1, 0.15) is 31.7 Å². The minimum absolute atomic E-state index is 0.275. The second-order valence-corrected chi connectivity index (χ2v) is 8.42. The van der Waals surface area contributed by atoms with Gasteiger partial charge in [0, 0.05) is 20.1 Å². The largest absolute Gasteiger partial charge is 0.464 e. The normalized spacial score (nSPS) is 14.0. The number of rotatable bonds is 9. The van der Waals surface area contributed by atoms with Gasteiger partial charge in [0.05, 0.1) is 26.4 Å². The van der Waals surface area contributed by atoms with Crippen molar-refractivity contribution in [3.05, 3.63) is 56.7 Å². The highest BCUT2D eigenvalue weighted by Gasteiger charge is 2.25. The Morgan fingerprint density at radius 2 is 1.82 bits per heavy atom. The molecule has 1 aromatic carbocycles. The van der Waals surface area contributed by atoms with Crippen LogP contribution in [0.5, 0.6) is 0 Å². The van der Waals surface area contributed by atoms with Crippen LogP contribution in [-0.4, -0.2) is 57.6 Å². The topological polar surface area (TPSA) is 101 Å². The highest BCUT2D eigenvalue weighted by molar-refractivity contribution is 5.76. The Morgan fingerprint density at radius 1 is 1.09 bits per heavy atom. The molecule has 2 aromatic heterocycles. The number of aryl methyl sites for hydroxylation is 1. The van der Waals surface area contributed by atoms with Gasteiger partial charge in [0.15, 0.2) is 11.2 Å². The van der Waals surface area contributed by atoms with Crippen molar-refractivity contribution in [3.63, 3.8) is 0 Å². The minimum Gasteiger partial charge on any atom is -0.464 e. The van der Waals surface area contributed by atoms with E-state index in [2.05, 4.69) is 11.8 Å². The van der Waals surface area contributed by atoms with Crippen LogP contribution in [0.2, 0.25) is 0 Å². The summed E-state index contributed by atoms with van der Waals surface area (Å²) in [5.41, 5.74) is 0.421. The smallest absolute Gasteiger partial charge is 0.333 e. The lowest BCUT2D eigenvalue weighted by Gasteiger charge is -2.28. The Bertz CT molecular complexity index is 1250. The van der Waals surface area contributed by atoms with Crippen molar-refractivity contribution in [2.24, 2.45) is 7.05 Å². The zero-order valence-electron chi connectivity index (χ0n) is 19.7. The minimum atomic E-state index is -0.600. The van der Waals surface area contributed by atoms with E-state index in [0.29, 0.717) is 44.4 Å². The van der Waals surface area contributed by atoms with Crippen molar-refractivity contribution >= 4 is 23.1 Å². The molecule has 0 saturated carbocycles. The summed E-state index contributed by atoms with van der Waals surface area (Å²) >= 11 is 0. The van der Waals surface area contributed by atoms with Gasteiger partial charge in [-0.15, -0.1) is 0 Å². The van der Waals surface area contributed by atoms with Gasteiger partial charge < -0.3 is 14.4 Å². The van der Waals surface area contributed by atoms with Crippen LogP contribution in [0.4, 0.5) is 5.95 Å². The second kappa shape index (κ2) is 10.7. The number of carbonyl (C=O) groups excluding carboxylic acids is 1. The van der Waals surface area contributed by atoms with Crippen LogP contribution in [0.25, 0.3) is 11.2 Å². The molecule has 0 unspecified atom stereocenters. The summed E-state index contributed by atoms with van der Waals surface area (Å²) in [6.45, 7) is 4.68. The lowest BCUT2D eigenvalue weighted by Crippen LogP contribution is -2.42. The number of morpholine rings is 1. The van der Waals surface area contributed by atoms with Crippen LogP contribution >= 0.6 is 0 Å². The van der Waals surface area contributed by atoms with Crippen LogP contribution in [0, 0.1) is 0 Å². The lowest BCUT2D eigenvalue weighted by atomic mass is 10.2. The van der Waals surface area contributed by atoms with Crippen molar-refractivity contribution in [2.45, 2.75) is 39.3 Å². The number of unbranched alkanes of at least 4 members (excludes halogenated alkanes) is 2. The molecule has 3 aromatic rings. The maximum absolute atomic E-state index is 13.6. The molecule has 1 fully saturated rings. The summed E-state index contributed by atoms with van der Waals surface area (Å²) in [6.07, 6.45) is 2.70. The standard InChI is InChI=1S/C24H31N5O5/c1-3-4-8-13-34-19(30)17-29-22(31)20-21(26(2)24(29)32)25-23(27-11-14-33-15-12-27)28(20)16-18-9-6-5-7-10-18/h5-7,9-10H,3-4,8,11-17H2,1-2H3. The molecular weight excluding hydrogens is 438 g/mol. The molecule has 4 rings (SSSR count). The number of fused-ring (bicyclic) bond motifs is 1. The number of hydrogen-bond donors (Lipinski definition) is 0. The third kappa shape index (κ3) is 4.91. The number of anilines is 1. The summed E-state index contributed by atoms with van der Waals surface area (Å²) in [5, 5.41) is 0. The van der Waals surface area contributed by atoms with Crippen LogP contribution in [-0.2, 0) is 34.4 Å². The van der Waals surface area contributed by atoms with Crippen molar-refractivity contribution in [2.75, 3.05) is 37.8 Å². The van der Waals surface area contributed by atoms with Crippen molar-refractivity contribution < 1.29 is 14.3 Å². The van der Waals surface area contributed by atoms with Crippen molar-refractivity contribution in [1.29, 1.82) is 0 Å². The average Bonchev–Trinajstić information content (AvgIpc) is 3.23. The number of benzene rings is 1. The summed E-state index contributed by atoms with van der Waals surface area (Å²) in [4.78, 5) is 45.7. The molecule has 0 N–H and O–H groups in total. The third-order valence-electron chi connectivity index (χ3n) is 5.99. The molecule has 0 spiro atoms. The van der Waals surface area contributed by atoms with Gasteiger partial charge >= 0.3 is 11.7 Å². The molecule has 0 radical (unpaired) electrons. The van der Waals surface area contributed by atoms with Gasteiger partial charge in [0.2, 0.25) is 5.95 Å². The second-order valence-electron chi connectivity index (χ2n) is 8.42. The molecule has 0 amide bonds. The van der Waals surface area contributed by atoms with Gasteiger partial charge in [-0.3, -0.25) is 18.7 Å². The average molecular weight is 470 g/mol. The van der Waals surface area contributed by atoms with E-state index in [1.807, 2.05) is 34.9 Å². The van der Waals surface area contributed by atoms with Crippen molar-refractivity contribution in [1.82, 2.24) is 18.7 Å². The van der Waals surface area contributed by atoms with E-state index in [9.17, 15) is 14.4 Å². The summed E-state index contributed by atoms with van der Waals surface area (Å²) in [5.74, 6) is 0.00586. The first-order valence-corrected chi connectivity index (χ1v) is 11.7. The van der Waals surface area contributed by atoms with Gasteiger partial charge in [0.25, 0.3) is 5.56 Å². The molecule has 0 aliphatic carbocycles. The first-order valence-electron chi connectivity index (χ1n) is 11.7. The predicted octanol–water partition coefficient (Wildman–Crippen LogP) is 1.51.